The van der Waals surface area contributed by atoms with Gasteiger partial charge in [0.05, 0.1) is 18.3 Å². The predicted molar refractivity (Wildman–Crippen MR) is 127 cm³/mol. The van der Waals surface area contributed by atoms with Crippen LogP contribution in [-0.2, 0) is 11.3 Å². The molecule has 2 amide bonds. The maximum atomic E-state index is 13.1. The van der Waals surface area contributed by atoms with Crippen molar-refractivity contribution in [2.45, 2.75) is 48.7 Å². The van der Waals surface area contributed by atoms with E-state index in [1.54, 1.807) is 47.4 Å². The monoisotopic (exact) mass is 521 g/mol. The predicted octanol–water partition coefficient (Wildman–Crippen LogP) is 5.19. The molecular weight excluding hydrogens is 498 g/mol. The second-order valence-electron chi connectivity index (χ2n) is 7.56. The summed E-state index contributed by atoms with van der Waals surface area (Å²) in [6.07, 6.45) is -5.43. The smallest absolute Gasteiger partial charge is 0.352 e. The topological polar surface area (TPSA) is 75.4 Å². The minimum absolute atomic E-state index is 0. The van der Waals surface area contributed by atoms with Gasteiger partial charge in [-0.25, -0.2) is 0 Å². The molecule has 0 aliphatic carbocycles. The van der Waals surface area contributed by atoms with Crippen LogP contribution in [0.1, 0.15) is 35.7 Å². The number of anilines is 1. The Balaban J connectivity index is 0.00000385. The van der Waals surface area contributed by atoms with E-state index in [0.717, 1.165) is 10.5 Å². The van der Waals surface area contributed by atoms with Crippen molar-refractivity contribution in [1.29, 1.82) is 0 Å². The molecule has 0 bridgehead atoms. The van der Waals surface area contributed by atoms with Crippen molar-refractivity contribution in [3.05, 3.63) is 58.6 Å². The Hall–Kier alpha value is -1.94. The Morgan fingerprint density at radius 2 is 1.88 bits per heavy atom. The number of nitrogens with zero attached hydrogens (tertiary/aromatic N) is 1. The summed E-state index contributed by atoms with van der Waals surface area (Å²) >= 11 is 7.40. The Morgan fingerprint density at radius 1 is 1.21 bits per heavy atom. The lowest BCUT2D eigenvalue weighted by atomic mass is 10.1. The molecule has 33 heavy (non-hydrogen) atoms. The number of carbonyl (C=O) groups excluding carboxylic acids is 2. The molecule has 11 heteroatoms. The highest BCUT2D eigenvalue weighted by molar-refractivity contribution is 8.00. The third-order valence-electron chi connectivity index (χ3n) is 5.06. The first kappa shape index (κ1) is 27.3. The van der Waals surface area contributed by atoms with Crippen molar-refractivity contribution < 1.29 is 22.8 Å². The Morgan fingerprint density at radius 3 is 2.52 bits per heavy atom. The first-order valence-corrected chi connectivity index (χ1v) is 11.3. The summed E-state index contributed by atoms with van der Waals surface area (Å²) < 4.78 is 36.9. The van der Waals surface area contributed by atoms with Crippen LogP contribution in [0.15, 0.2) is 47.4 Å². The number of halogens is 5. The maximum Gasteiger partial charge on any atom is 0.389 e. The highest BCUT2D eigenvalue weighted by Gasteiger charge is 2.33. The number of hydrogen-bond donors (Lipinski definition) is 2. The number of nitrogens with two attached hydrogens (primary N) is 1. The van der Waals surface area contributed by atoms with Gasteiger partial charge in [0.25, 0.3) is 5.91 Å². The van der Waals surface area contributed by atoms with Gasteiger partial charge in [-0.2, -0.15) is 13.2 Å². The fourth-order valence-electron chi connectivity index (χ4n) is 3.27. The highest BCUT2D eigenvalue weighted by atomic mass is 35.5. The van der Waals surface area contributed by atoms with E-state index in [9.17, 15) is 22.8 Å². The van der Waals surface area contributed by atoms with Crippen molar-refractivity contribution in [2.75, 3.05) is 11.4 Å². The van der Waals surface area contributed by atoms with Gasteiger partial charge in [0.15, 0.2) is 0 Å². The molecule has 0 spiro atoms. The summed E-state index contributed by atoms with van der Waals surface area (Å²) in [6.45, 7) is 2.00. The number of carbonyl (C=O) groups is 2. The Labute approximate surface area is 205 Å². The number of alkyl halides is 3. The van der Waals surface area contributed by atoms with E-state index in [2.05, 4.69) is 5.32 Å². The van der Waals surface area contributed by atoms with Crippen LogP contribution in [0.3, 0.4) is 0 Å². The van der Waals surface area contributed by atoms with Crippen LogP contribution in [0, 0.1) is 0 Å². The second kappa shape index (κ2) is 11.5. The molecule has 0 unspecified atom stereocenters. The van der Waals surface area contributed by atoms with Crippen LogP contribution in [0.4, 0.5) is 18.9 Å². The fourth-order valence-corrected chi connectivity index (χ4v) is 4.50. The van der Waals surface area contributed by atoms with Gasteiger partial charge in [0.1, 0.15) is 0 Å². The zero-order chi connectivity index (χ0) is 23.5. The first-order chi connectivity index (χ1) is 15.0. The average Bonchev–Trinajstić information content (AvgIpc) is 2.82. The van der Waals surface area contributed by atoms with Gasteiger partial charge < -0.3 is 16.0 Å². The van der Waals surface area contributed by atoms with E-state index in [4.69, 9.17) is 17.3 Å². The molecule has 0 saturated heterocycles. The molecule has 3 rings (SSSR count). The van der Waals surface area contributed by atoms with Crippen molar-refractivity contribution in [1.82, 2.24) is 5.32 Å². The summed E-state index contributed by atoms with van der Waals surface area (Å²) in [5.41, 5.74) is 7.81. The van der Waals surface area contributed by atoms with Crippen molar-refractivity contribution in [3.8, 4) is 0 Å². The quantitative estimate of drug-likeness (QED) is 0.513. The number of hydrogen-bond acceptors (Lipinski definition) is 4. The molecule has 1 aliphatic rings. The molecule has 1 aliphatic heterocycles. The maximum absolute atomic E-state index is 13.1. The molecule has 0 saturated carbocycles. The normalized spacial score (nSPS) is 18.2. The first-order valence-electron chi connectivity index (χ1n) is 10.0. The summed E-state index contributed by atoms with van der Waals surface area (Å²) in [5.74, 6) is -0.776. The minimum atomic E-state index is -4.26. The Bertz CT molecular complexity index is 990. The molecular formula is C22H24Cl2F3N3O2S. The fraction of sp³-hybridized carbons (Fsp3) is 0.364. The van der Waals surface area contributed by atoms with E-state index in [-0.39, 0.29) is 48.6 Å². The second-order valence-corrected chi connectivity index (χ2v) is 9.41. The van der Waals surface area contributed by atoms with E-state index in [1.165, 1.54) is 11.8 Å². The van der Waals surface area contributed by atoms with Crippen molar-refractivity contribution in [2.24, 2.45) is 5.73 Å². The van der Waals surface area contributed by atoms with Crippen LogP contribution < -0.4 is 16.0 Å². The SMILES string of the molecule is C[C@H]1Sc2ccc(C(=O)NCCCC(F)(F)F)cc2N(Cc2ccc(Cl)cc2)C(=O)[C@H]1N.Cl. The van der Waals surface area contributed by atoms with Gasteiger partial charge >= 0.3 is 6.18 Å². The standard InChI is InChI=1S/C22H23ClF3N3O2S.ClH/c1-13-19(27)21(31)29(12-14-3-6-16(23)7-4-14)17-11-15(5-8-18(17)32-13)20(30)28-10-2-9-22(24,25)26;/h3-8,11,13,19H,2,9-10,12,27H2,1H3,(H,28,30);1H/t13-,19+;/m1./s1. The molecule has 2 atom stereocenters. The van der Waals surface area contributed by atoms with Gasteiger partial charge in [-0.1, -0.05) is 30.7 Å². The zero-order valence-corrected chi connectivity index (χ0v) is 20.1. The minimum Gasteiger partial charge on any atom is -0.352 e. The molecule has 180 valence electrons. The number of fused-ring (bicyclic) bond motifs is 1. The number of thioether (sulfide) groups is 1. The molecule has 2 aromatic carbocycles. The largest absolute Gasteiger partial charge is 0.389 e. The van der Waals surface area contributed by atoms with Crippen LogP contribution in [-0.4, -0.2) is 35.8 Å². The third-order valence-corrected chi connectivity index (χ3v) is 6.57. The molecule has 1 heterocycles. The third kappa shape index (κ3) is 7.27. The lowest BCUT2D eigenvalue weighted by Crippen LogP contribution is -2.47. The lowest BCUT2D eigenvalue weighted by Gasteiger charge is -2.25. The van der Waals surface area contributed by atoms with E-state index in [1.807, 2.05) is 6.92 Å². The molecule has 0 radical (unpaired) electrons. The highest BCUT2D eigenvalue weighted by Crippen LogP contribution is 2.39. The van der Waals surface area contributed by atoms with Crippen molar-refractivity contribution in [3.63, 3.8) is 0 Å². The summed E-state index contributed by atoms with van der Waals surface area (Å²) in [6, 6.07) is 11.2. The zero-order valence-electron chi connectivity index (χ0n) is 17.7. The van der Waals surface area contributed by atoms with Gasteiger partial charge in [-0.15, -0.1) is 24.2 Å². The van der Waals surface area contributed by atoms with Gasteiger partial charge in [0, 0.05) is 33.7 Å². The molecule has 3 N–H and O–H groups in total. The number of nitrogens with one attached hydrogen (secondary N) is 1. The number of benzene rings is 2. The molecule has 0 fully saturated rings. The van der Waals surface area contributed by atoms with Gasteiger partial charge in [0.2, 0.25) is 5.91 Å². The Kier molecular flexibility index (Phi) is 9.48. The summed E-state index contributed by atoms with van der Waals surface area (Å²) in [4.78, 5) is 28.0. The number of rotatable bonds is 6. The van der Waals surface area contributed by atoms with Crippen LogP contribution >= 0.6 is 35.8 Å². The number of amides is 2. The van der Waals surface area contributed by atoms with E-state index in [0.29, 0.717) is 10.7 Å². The van der Waals surface area contributed by atoms with Crippen LogP contribution in [0.25, 0.3) is 0 Å². The average molecular weight is 522 g/mol. The van der Waals surface area contributed by atoms with Crippen LogP contribution in [0.2, 0.25) is 5.02 Å². The van der Waals surface area contributed by atoms with E-state index < -0.39 is 24.5 Å². The van der Waals surface area contributed by atoms with Crippen LogP contribution in [0.5, 0.6) is 0 Å². The van der Waals surface area contributed by atoms with Gasteiger partial charge in [-0.05, 0) is 42.3 Å². The molecule has 2 aromatic rings. The molecule has 5 nitrogen and oxygen atoms in total. The summed E-state index contributed by atoms with van der Waals surface area (Å²) in [7, 11) is 0. The van der Waals surface area contributed by atoms with E-state index >= 15 is 0 Å². The van der Waals surface area contributed by atoms with Gasteiger partial charge in [-0.3, -0.25) is 9.59 Å². The summed E-state index contributed by atoms with van der Waals surface area (Å²) in [5, 5.41) is 2.89. The molecule has 0 aromatic heterocycles. The van der Waals surface area contributed by atoms with Crippen molar-refractivity contribution >= 4 is 53.3 Å². The lowest BCUT2D eigenvalue weighted by molar-refractivity contribution is -0.135.